The van der Waals surface area contributed by atoms with E-state index in [-0.39, 0.29) is 11.4 Å². The number of aliphatic imine (C=N–C) groups is 1. The van der Waals surface area contributed by atoms with E-state index in [9.17, 15) is 4.79 Å². The summed E-state index contributed by atoms with van der Waals surface area (Å²) < 4.78 is 0. The van der Waals surface area contributed by atoms with Gasteiger partial charge >= 0.3 is 6.03 Å². The van der Waals surface area contributed by atoms with Crippen molar-refractivity contribution in [3.8, 4) is 0 Å². The average Bonchev–Trinajstić information content (AvgIpc) is 2.40. The van der Waals surface area contributed by atoms with Gasteiger partial charge in [0.25, 0.3) is 0 Å². The van der Waals surface area contributed by atoms with Gasteiger partial charge in [-0.2, -0.15) is 0 Å². The van der Waals surface area contributed by atoms with Gasteiger partial charge in [0, 0.05) is 31.3 Å². The Morgan fingerprint density at radius 3 is 2.72 bits per heavy atom. The van der Waals surface area contributed by atoms with Gasteiger partial charge in [-0.05, 0) is 24.0 Å². The molecule has 0 saturated carbocycles. The molecule has 0 bridgehead atoms. The Hall–Kier alpha value is -1.84. The van der Waals surface area contributed by atoms with E-state index < -0.39 is 0 Å². The molecule has 1 aromatic carbocycles. The van der Waals surface area contributed by atoms with Crippen LogP contribution in [0, 0.1) is 0 Å². The molecule has 2 aliphatic rings. The summed E-state index contributed by atoms with van der Waals surface area (Å²) in [6.07, 6.45) is 3.86. The number of benzene rings is 1. The number of nitrogens with zero attached hydrogens (tertiary/aromatic N) is 2. The number of likely N-dealkylation sites (tertiary alicyclic amines) is 1. The standard InChI is InChI=1S/C14H17N3O/c15-13(18)17-7-5-14(6-8-17)10-16-9-11-3-1-2-4-12(11)14/h1-4,9H,5-8,10H2,(H2,15,18). The first kappa shape index (κ1) is 11.3. The number of carbonyl (C=O) groups is 1. The molecule has 1 saturated heterocycles. The zero-order valence-electron chi connectivity index (χ0n) is 10.3. The van der Waals surface area contributed by atoms with E-state index in [1.807, 2.05) is 12.3 Å². The molecule has 1 aromatic rings. The summed E-state index contributed by atoms with van der Waals surface area (Å²) in [5.74, 6) is 0. The van der Waals surface area contributed by atoms with E-state index in [1.165, 1.54) is 11.1 Å². The van der Waals surface area contributed by atoms with Crippen molar-refractivity contribution < 1.29 is 4.79 Å². The molecule has 2 heterocycles. The number of carbonyl (C=O) groups excluding carboxylic acids is 1. The fourth-order valence-electron chi connectivity index (χ4n) is 3.08. The van der Waals surface area contributed by atoms with Crippen LogP contribution < -0.4 is 5.73 Å². The molecule has 2 amide bonds. The van der Waals surface area contributed by atoms with Gasteiger partial charge in [0.15, 0.2) is 0 Å². The van der Waals surface area contributed by atoms with Gasteiger partial charge in [0.1, 0.15) is 0 Å². The monoisotopic (exact) mass is 243 g/mol. The highest BCUT2D eigenvalue weighted by atomic mass is 16.2. The first-order chi connectivity index (χ1) is 8.71. The Bertz CT molecular complexity index is 502. The number of nitrogens with two attached hydrogens (primary N) is 1. The molecule has 0 unspecified atom stereocenters. The lowest BCUT2D eigenvalue weighted by atomic mass is 9.70. The van der Waals surface area contributed by atoms with Crippen LogP contribution in [-0.2, 0) is 5.41 Å². The van der Waals surface area contributed by atoms with Crippen LogP contribution in [0.25, 0.3) is 0 Å². The first-order valence-electron chi connectivity index (χ1n) is 6.35. The van der Waals surface area contributed by atoms with Gasteiger partial charge in [-0.15, -0.1) is 0 Å². The zero-order valence-corrected chi connectivity index (χ0v) is 10.3. The van der Waals surface area contributed by atoms with Crippen LogP contribution in [-0.4, -0.2) is 36.8 Å². The van der Waals surface area contributed by atoms with Crippen molar-refractivity contribution in [1.82, 2.24) is 4.90 Å². The number of piperidine rings is 1. The molecular formula is C14H17N3O. The number of hydrogen-bond acceptors (Lipinski definition) is 2. The number of fused-ring (bicyclic) bond motifs is 2. The third-order valence-electron chi connectivity index (χ3n) is 4.19. The highest BCUT2D eigenvalue weighted by Gasteiger charge is 2.39. The quantitative estimate of drug-likeness (QED) is 0.738. The highest BCUT2D eigenvalue weighted by molar-refractivity contribution is 5.84. The molecular weight excluding hydrogens is 226 g/mol. The smallest absolute Gasteiger partial charge is 0.314 e. The highest BCUT2D eigenvalue weighted by Crippen LogP contribution is 2.39. The average molecular weight is 243 g/mol. The van der Waals surface area contributed by atoms with Crippen LogP contribution in [0.3, 0.4) is 0 Å². The Morgan fingerprint density at radius 1 is 1.28 bits per heavy atom. The van der Waals surface area contributed by atoms with Crippen molar-refractivity contribution in [2.75, 3.05) is 19.6 Å². The lowest BCUT2D eigenvalue weighted by molar-refractivity contribution is 0.166. The van der Waals surface area contributed by atoms with Gasteiger partial charge in [-0.3, -0.25) is 4.99 Å². The van der Waals surface area contributed by atoms with Crippen molar-refractivity contribution in [1.29, 1.82) is 0 Å². The first-order valence-corrected chi connectivity index (χ1v) is 6.35. The molecule has 2 aliphatic heterocycles. The van der Waals surface area contributed by atoms with Crippen LogP contribution >= 0.6 is 0 Å². The lowest BCUT2D eigenvalue weighted by Gasteiger charge is -2.42. The number of urea groups is 1. The molecule has 4 nitrogen and oxygen atoms in total. The maximum absolute atomic E-state index is 11.2. The van der Waals surface area contributed by atoms with Crippen LogP contribution in [0.2, 0.25) is 0 Å². The molecule has 1 fully saturated rings. The Morgan fingerprint density at radius 2 is 2.00 bits per heavy atom. The minimum atomic E-state index is -0.308. The van der Waals surface area contributed by atoms with Crippen molar-refractivity contribution in [2.45, 2.75) is 18.3 Å². The van der Waals surface area contributed by atoms with Gasteiger partial charge < -0.3 is 10.6 Å². The minimum Gasteiger partial charge on any atom is -0.351 e. The van der Waals surface area contributed by atoms with Crippen molar-refractivity contribution in [2.24, 2.45) is 10.7 Å². The largest absolute Gasteiger partial charge is 0.351 e. The fraction of sp³-hybridized carbons (Fsp3) is 0.429. The molecule has 4 heteroatoms. The van der Waals surface area contributed by atoms with E-state index in [4.69, 9.17) is 5.73 Å². The summed E-state index contributed by atoms with van der Waals surface area (Å²) in [4.78, 5) is 17.4. The number of primary amides is 1. The second-order valence-electron chi connectivity index (χ2n) is 5.16. The molecule has 0 atom stereocenters. The summed E-state index contributed by atoms with van der Waals surface area (Å²) in [5.41, 5.74) is 8.04. The third-order valence-corrected chi connectivity index (χ3v) is 4.19. The van der Waals surface area contributed by atoms with Gasteiger partial charge in [0.05, 0.1) is 0 Å². The predicted molar refractivity (Wildman–Crippen MR) is 71.0 cm³/mol. The molecule has 94 valence electrons. The lowest BCUT2D eigenvalue weighted by Crippen LogP contribution is -2.49. The van der Waals surface area contributed by atoms with Crippen LogP contribution in [0.1, 0.15) is 24.0 Å². The zero-order chi connectivity index (χ0) is 12.6. The predicted octanol–water partition coefficient (Wildman–Crippen LogP) is 1.53. The normalized spacial score (nSPS) is 20.8. The minimum absolute atomic E-state index is 0.108. The van der Waals surface area contributed by atoms with Crippen LogP contribution in [0.15, 0.2) is 29.3 Å². The van der Waals surface area contributed by atoms with E-state index in [1.54, 1.807) is 4.90 Å². The third kappa shape index (κ3) is 1.68. The summed E-state index contributed by atoms with van der Waals surface area (Å²) in [5, 5.41) is 0. The summed E-state index contributed by atoms with van der Waals surface area (Å²) in [6, 6.07) is 8.13. The van der Waals surface area contributed by atoms with Crippen LogP contribution in [0.5, 0.6) is 0 Å². The maximum atomic E-state index is 11.2. The van der Waals surface area contributed by atoms with Crippen molar-refractivity contribution in [3.63, 3.8) is 0 Å². The molecule has 0 aromatic heterocycles. The Balaban J connectivity index is 1.90. The van der Waals surface area contributed by atoms with E-state index in [0.717, 1.165) is 32.5 Å². The summed E-state index contributed by atoms with van der Waals surface area (Å²) in [7, 11) is 0. The van der Waals surface area contributed by atoms with Gasteiger partial charge in [-0.1, -0.05) is 24.3 Å². The SMILES string of the molecule is NC(=O)N1CCC2(CC1)CN=Cc1ccccc12. The van der Waals surface area contributed by atoms with Gasteiger partial charge in [0.2, 0.25) is 0 Å². The van der Waals surface area contributed by atoms with Gasteiger partial charge in [-0.25, -0.2) is 4.79 Å². The number of hydrogen-bond donors (Lipinski definition) is 1. The molecule has 18 heavy (non-hydrogen) atoms. The Labute approximate surface area is 106 Å². The molecule has 0 aliphatic carbocycles. The second kappa shape index (κ2) is 4.12. The van der Waals surface area contributed by atoms with E-state index >= 15 is 0 Å². The Kier molecular flexibility index (Phi) is 2.58. The topological polar surface area (TPSA) is 58.7 Å². The fourth-order valence-corrected chi connectivity index (χ4v) is 3.08. The van der Waals surface area contributed by atoms with Crippen molar-refractivity contribution >= 4 is 12.2 Å². The molecule has 0 radical (unpaired) electrons. The summed E-state index contributed by atoms with van der Waals surface area (Å²) >= 11 is 0. The van der Waals surface area contributed by atoms with E-state index in [2.05, 4.69) is 23.2 Å². The van der Waals surface area contributed by atoms with Crippen LogP contribution in [0.4, 0.5) is 4.79 Å². The van der Waals surface area contributed by atoms with Crippen molar-refractivity contribution in [3.05, 3.63) is 35.4 Å². The maximum Gasteiger partial charge on any atom is 0.314 e. The second-order valence-corrected chi connectivity index (χ2v) is 5.16. The van der Waals surface area contributed by atoms with E-state index in [0.29, 0.717) is 0 Å². The molecule has 1 spiro atoms. The summed E-state index contributed by atoms with van der Waals surface area (Å²) in [6.45, 7) is 2.30. The number of amides is 2. The molecule has 3 rings (SSSR count). The number of rotatable bonds is 0. The molecule has 2 N–H and O–H groups in total.